The van der Waals surface area contributed by atoms with Gasteiger partial charge in [-0.15, -0.1) is 0 Å². The Kier molecular flexibility index (Phi) is 61.3. The number of carbonyl (C=O) groups excluding carboxylic acids is 3. The maximum absolute atomic E-state index is 12.9. The fourth-order valence-corrected chi connectivity index (χ4v) is 8.99. The molecule has 0 aromatic carbocycles. The summed E-state index contributed by atoms with van der Waals surface area (Å²) in [7, 11) is 0. The Morgan fingerprint density at radius 2 is 0.506 bits per heavy atom. The average Bonchev–Trinajstić information content (AvgIpc) is 3.43. The Bertz CT molecular complexity index is 1560. The number of carbonyl (C=O) groups is 3. The monoisotopic (exact) mass is 1070 g/mol. The van der Waals surface area contributed by atoms with Crippen LogP contribution in [0.2, 0.25) is 0 Å². The first-order chi connectivity index (χ1) is 38.0. The number of allylic oxidation sites excluding steroid dienone is 18. The van der Waals surface area contributed by atoms with E-state index in [1.54, 1.807) is 0 Å². The first kappa shape index (κ1) is 73.1. The molecule has 0 saturated heterocycles. The molecule has 77 heavy (non-hydrogen) atoms. The molecule has 0 spiro atoms. The lowest BCUT2D eigenvalue weighted by Crippen LogP contribution is -2.30. The van der Waals surface area contributed by atoms with Gasteiger partial charge in [0.2, 0.25) is 0 Å². The zero-order chi connectivity index (χ0) is 55.7. The second-order valence-electron chi connectivity index (χ2n) is 21.3. The van der Waals surface area contributed by atoms with Gasteiger partial charge in [-0.05, 0) is 103 Å². The van der Waals surface area contributed by atoms with Crippen molar-refractivity contribution in [1.29, 1.82) is 0 Å². The number of ether oxygens (including phenoxy) is 3. The third-order valence-corrected chi connectivity index (χ3v) is 13.8. The molecule has 1 unspecified atom stereocenters. The van der Waals surface area contributed by atoms with Gasteiger partial charge in [-0.25, -0.2) is 0 Å². The highest BCUT2D eigenvalue weighted by molar-refractivity contribution is 5.71. The van der Waals surface area contributed by atoms with Crippen LogP contribution in [0.15, 0.2) is 109 Å². The van der Waals surface area contributed by atoms with Crippen molar-refractivity contribution in [3.05, 3.63) is 109 Å². The van der Waals surface area contributed by atoms with Crippen LogP contribution in [0.5, 0.6) is 0 Å². The second kappa shape index (κ2) is 64.6. The standard InChI is InChI=1S/C71H120O6/c1-4-7-10-13-16-19-22-25-28-30-31-32-33-34-35-36-37-38-39-41-43-46-49-52-55-58-61-64-70(73)76-67-68(66-75-69(72)63-60-57-54-51-48-45-42-27-24-21-18-15-12-9-6-3)77-71(74)65-62-59-56-53-50-47-44-40-29-26-23-20-17-14-11-8-5-2/h7,9-10,12,16,18-19,21,25,27-28,31-32,34-35,37-38,42,68H,4-6,8,11,13-15,17,20,22-24,26,29-30,33,36,39-41,43-67H2,1-3H3/b10-7-,12-9-,19-16-,21-18-,28-25-,32-31-,35-34-,38-37-,42-27-. The molecule has 0 radical (unpaired) electrons. The number of hydrogen-bond acceptors (Lipinski definition) is 6. The van der Waals surface area contributed by atoms with Gasteiger partial charge >= 0.3 is 17.9 Å². The lowest BCUT2D eigenvalue weighted by Gasteiger charge is -2.18. The van der Waals surface area contributed by atoms with E-state index in [-0.39, 0.29) is 31.1 Å². The normalized spacial score (nSPS) is 12.8. The summed E-state index contributed by atoms with van der Waals surface area (Å²) in [6.45, 7) is 6.42. The van der Waals surface area contributed by atoms with Crippen molar-refractivity contribution in [2.75, 3.05) is 13.2 Å². The minimum Gasteiger partial charge on any atom is -0.462 e. The van der Waals surface area contributed by atoms with Crippen molar-refractivity contribution in [2.45, 2.75) is 309 Å². The van der Waals surface area contributed by atoms with E-state index in [9.17, 15) is 14.4 Å². The molecule has 0 aliphatic heterocycles. The van der Waals surface area contributed by atoms with Gasteiger partial charge in [0, 0.05) is 19.3 Å². The van der Waals surface area contributed by atoms with Crippen LogP contribution in [0.4, 0.5) is 0 Å². The molecule has 0 aliphatic carbocycles. The highest BCUT2D eigenvalue weighted by Gasteiger charge is 2.19. The van der Waals surface area contributed by atoms with E-state index in [0.29, 0.717) is 19.3 Å². The van der Waals surface area contributed by atoms with Gasteiger partial charge in [-0.3, -0.25) is 14.4 Å². The smallest absolute Gasteiger partial charge is 0.306 e. The summed E-state index contributed by atoms with van der Waals surface area (Å²) in [5.74, 6) is -0.901. The molecule has 0 heterocycles. The van der Waals surface area contributed by atoms with E-state index in [0.717, 1.165) is 141 Å². The van der Waals surface area contributed by atoms with E-state index in [4.69, 9.17) is 14.2 Å². The van der Waals surface area contributed by atoms with Gasteiger partial charge < -0.3 is 14.2 Å². The Labute approximate surface area is 476 Å². The fourth-order valence-electron chi connectivity index (χ4n) is 8.99. The molecule has 0 N–H and O–H groups in total. The third kappa shape index (κ3) is 62.8. The van der Waals surface area contributed by atoms with Crippen LogP contribution in [-0.4, -0.2) is 37.2 Å². The summed E-state index contributed by atoms with van der Waals surface area (Å²) in [4.78, 5) is 38.3. The molecule has 1 atom stereocenters. The number of esters is 3. The molecule has 0 aromatic heterocycles. The largest absolute Gasteiger partial charge is 0.462 e. The van der Waals surface area contributed by atoms with Crippen LogP contribution < -0.4 is 0 Å². The molecular weight excluding hydrogens is 949 g/mol. The van der Waals surface area contributed by atoms with E-state index in [2.05, 4.69) is 130 Å². The molecule has 0 aliphatic rings. The highest BCUT2D eigenvalue weighted by atomic mass is 16.6. The Balaban J connectivity index is 4.35. The Morgan fingerprint density at radius 1 is 0.273 bits per heavy atom. The molecular formula is C71H120O6. The second-order valence-corrected chi connectivity index (χ2v) is 21.3. The van der Waals surface area contributed by atoms with E-state index >= 15 is 0 Å². The maximum Gasteiger partial charge on any atom is 0.306 e. The van der Waals surface area contributed by atoms with Crippen LogP contribution in [0.3, 0.4) is 0 Å². The van der Waals surface area contributed by atoms with Crippen molar-refractivity contribution in [2.24, 2.45) is 0 Å². The molecule has 0 bridgehead atoms. The quantitative estimate of drug-likeness (QED) is 0.0261. The van der Waals surface area contributed by atoms with Crippen molar-refractivity contribution >= 4 is 17.9 Å². The van der Waals surface area contributed by atoms with Gasteiger partial charge in [-0.1, -0.05) is 291 Å². The van der Waals surface area contributed by atoms with Crippen molar-refractivity contribution in [1.82, 2.24) is 0 Å². The minimum atomic E-state index is -0.790. The SMILES string of the molecule is CC/C=C\C/C=C\C/C=C\C/C=C\C/C=C\C/C=C\CCCCCCCCCCC(=O)OCC(COC(=O)CCCCCCC/C=C\C/C=C\C/C=C\CC)OC(=O)CCCCCCCCCCCCCCCCCCC. The van der Waals surface area contributed by atoms with E-state index < -0.39 is 6.10 Å². The summed E-state index contributed by atoms with van der Waals surface area (Å²) in [5.41, 5.74) is 0. The van der Waals surface area contributed by atoms with Crippen molar-refractivity contribution in [3.8, 4) is 0 Å². The molecule has 0 saturated carbocycles. The summed E-state index contributed by atoms with van der Waals surface area (Å²) < 4.78 is 16.9. The van der Waals surface area contributed by atoms with Crippen molar-refractivity contribution in [3.63, 3.8) is 0 Å². The van der Waals surface area contributed by atoms with Gasteiger partial charge in [0.1, 0.15) is 13.2 Å². The lowest BCUT2D eigenvalue weighted by molar-refractivity contribution is -0.167. The predicted octanol–water partition coefficient (Wildman–Crippen LogP) is 22.2. The average molecular weight is 1070 g/mol. The summed E-state index contributed by atoms with van der Waals surface area (Å²) in [5, 5.41) is 0. The van der Waals surface area contributed by atoms with Gasteiger partial charge in [0.15, 0.2) is 6.10 Å². The topological polar surface area (TPSA) is 78.9 Å². The van der Waals surface area contributed by atoms with E-state index in [1.807, 2.05) is 0 Å². The first-order valence-electron chi connectivity index (χ1n) is 32.4. The van der Waals surface area contributed by atoms with Crippen LogP contribution in [0.1, 0.15) is 303 Å². The fraction of sp³-hybridized carbons (Fsp3) is 0.704. The molecule has 6 nitrogen and oxygen atoms in total. The summed E-state index contributed by atoms with van der Waals surface area (Å²) >= 11 is 0. The minimum absolute atomic E-state index is 0.0868. The highest BCUT2D eigenvalue weighted by Crippen LogP contribution is 2.16. The van der Waals surface area contributed by atoms with Crippen LogP contribution in [0, 0.1) is 0 Å². The molecule has 6 heteroatoms. The van der Waals surface area contributed by atoms with Crippen molar-refractivity contribution < 1.29 is 28.6 Å². The molecule has 0 aromatic rings. The number of rotatable bonds is 58. The van der Waals surface area contributed by atoms with Gasteiger partial charge in [0.25, 0.3) is 0 Å². The molecule has 0 rings (SSSR count). The maximum atomic E-state index is 12.9. The third-order valence-electron chi connectivity index (χ3n) is 13.8. The van der Waals surface area contributed by atoms with Crippen LogP contribution in [-0.2, 0) is 28.6 Å². The molecule has 440 valence electrons. The number of hydrogen-bond donors (Lipinski definition) is 0. The van der Waals surface area contributed by atoms with E-state index in [1.165, 1.54) is 122 Å². The van der Waals surface area contributed by atoms with Gasteiger partial charge in [-0.2, -0.15) is 0 Å². The Hall–Kier alpha value is -3.93. The van der Waals surface area contributed by atoms with Gasteiger partial charge in [0.05, 0.1) is 0 Å². The lowest BCUT2D eigenvalue weighted by atomic mass is 10.0. The zero-order valence-corrected chi connectivity index (χ0v) is 50.4. The zero-order valence-electron chi connectivity index (χ0n) is 50.4. The first-order valence-corrected chi connectivity index (χ1v) is 32.4. The summed E-state index contributed by atoms with van der Waals surface area (Å²) in [6, 6.07) is 0. The molecule has 0 amide bonds. The number of unbranched alkanes of at least 4 members (excludes halogenated alkanes) is 29. The summed E-state index contributed by atoms with van der Waals surface area (Å²) in [6.07, 6.45) is 88.1. The predicted molar refractivity (Wildman–Crippen MR) is 334 cm³/mol. The molecule has 0 fully saturated rings. The van der Waals surface area contributed by atoms with Crippen LogP contribution >= 0.6 is 0 Å². The van der Waals surface area contributed by atoms with Crippen LogP contribution in [0.25, 0.3) is 0 Å². The Morgan fingerprint density at radius 3 is 0.792 bits per heavy atom.